The highest BCUT2D eigenvalue weighted by atomic mass is 16.3. The van der Waals surface area contributed by atoms with Gasteiger partial charge in [-0.2, -0.15) is 0 Å². The van der Waals surface area contributed by atoms with Crippen LogP contribution in [0.3, 0.4) is 0 Å². The Morgan fingerprint density at radius 3 is 3.09 bits per heavy atom. The predicted molar refractivity (Wildman–Crippen MR) is 39.4 cm³/mol. The van der Waals surface area contributed by atoms with Gasteiger partial charge >= 0.3 is 0 Å². The lowest BCUT2D eigenvalue weighted by atomic mass is 10.2. The summed E-state index contributed by atoms with van der Waals surface area (Å²) in [7, 11) is 0. The molecule has 2 heterocycles. The second kappa shape index (κ2) is 2.20. The van der Waals surface area contributed by atoms with E-state index in [1.165, 1.54) is 12.5 Å². The molecular formula is C8H5NO2. The number of hydrogen-bond donors (Lipinski definition) is 0. The van der Waals surface area contributed by atoms with Crippen LogP contribution in [0, 0.1) is 0 Å². The van der Waals surface area contributed by atoms with Crippen molar-refractivity contribution in [3.05, 3.63) is 41.0 Å². The minimum absolute atomic E-state index is 0.244. The number of fused-ring (bicyclic) bond motifs is 1. The first-order valence-corrected chi connectivity index (χ1v) is 3.20. The summed E-state index contributed by atoms with van der Waals surface area (Å²) in [4.78, 5) is 14.6. The summed E-state index contributed by atoms with van der Waals surface area (Å²) in [5.41, 5.74) is 0.279. The molecule has 3 nitrogen and oxygen atoms in total. The van der Waals surface area contributed by atoms with Gasteiger partial charge in [0, 0.05) is 12.3 Å². The molecule has 0 spiro atoms. The summed E-state index contributed by atoms with van der Waals surface area (Å²) < 4.78 is 5.05. The van der Waals surface area contributed by atoms with E-state index in [0.717, 1.165) is 0 Å². The molecule has 0 saturated carbocycles. The molecule has 2 aliphatic heterocycles. The molecule has 0 aromatic rings. The standard InChI is InChI=1S/C8H5NO2/c10-8-6-2-1-5-11-7(6)3-4-9-8/h1-5H. The van der Waals surface area contributed by atoms with E-state index in [2.05, 4.69) is 4.98 Å². The van der Waals surface area contributed by atoms with Crippen molar-refractivity contribution < 1.29 is 4.42 Å². The van der Waals surface area contributed by atoms with Gasteiger partial charge in [-0.3, -0.25) is 4.79 Å². The van der Waals surface area contributed by atoms with Gasteiger partial charge in [0.25, 0.3) is 5.56 Å². The Hall–Kier alpha value is -1.64. The van der Waals surface area contributed by atoms with Crippen LogP contribution < -0.4 is 5.56 Å². The highest BCUT2D eigenvalue weighted by molar-refractivity contribution is 5.55. The lowest BCUT2D eigenvalue weighted by molar-refractivity contribution is 0.563. The zero-order chi connectivity index (χ0) is 7.68. The Labute approximate surface area is 62.7 Å². The third-order valence-corrected chi connectivity index (χ3v) is 1.45. The van der Waals surface area contributed by atoms with Crippen molar-refractivity contribution in [2.75, 3.05) is 0 Å². The van der Waals surface area contributed by atoms with Crippen LogP contribution >= 0.6 is 0 Å². The van der Waals surface area contributed by atoms with Gasteiger partial charge in [0.2, 0.25) is 0 Å². The molecule has 0 N–H and O–H groups in total. The van der Waals surface area contributed by atoms with Crippen molar-refractivity contribution >= 4 is 0 Å². The molecule has 0 atom stereocenters. The number of hydrogen-bond acceptors (Lipinski definition) is 3. The highest BCUT2D eigenvalue weighted by Gasteiger charge is 2.04. The van der Waals surface area contributed by atoms with Crippen molar-refractivity contribution in [1.29, 1.82) is 0 Å². The van der Waals surface area contributed by atoms with Crippen molar-refractivity contribution in [1.82, 2.24) is 4.98 Å². The van der Waals surface area contributed by atoms with Gasteiger partial charge in [0.1, 0.15) is 5.76 Å². The first-order valence-electron chi connectivity index (χ1n) is 3.20. The minimum atomic E-state index is -0.244. The summed E-state index contributed by atoms with van der Waals surface area (Å²) in [6.45, 7) is 0. The second-order valence-corrected chi connectivity index (χ2v) is 2.14. The smallest absolute Gasteiger partial charge is 0.280 e. The van der Waals surface area contributed by atoms with Gasteiger partial charge in [0.05, 0.1) is 11.8 Å². The van der Waals surface area contributed by atoms with Gasteiger partial charge in [-0.15, -0.1) is 0 Å². The van der Waals surface area contributed by atoms with E-state index >= 15 is 0 Å². The first kappa shape index (κ1) is 6.09. The van der Waals surface area contributed by atoms with Crippen molar-refractivity contribution in [2.24, 2.45) is 0 Å². The quantitative estimate of drug-likeness (QED) is 0.561. The second-order valence-electron chi connectivity index (χ2n) is 2.14. The molecule has 2 rings (SSSR count). The third-order valence-electron chi connectivity index (χ3n) is 1.45. The summed E-state index contributed by atoms with van der Waals surface area (Å²) in [5.74, 6) is 0.576. The maximum Gasteiger partial charge on any atom is 0.280 e. The molecule has 11 heavy (non-hydrogen) atoms. The Balaban J connectivity index is 2.90. The normalized spacial score (nSPS) is 10.2. The Morgan fingerprint density at radius 2 is 2.27 bits per heavy atom. The van der Waals surface area contributed by atoms with Crippen LogP contribution in [0.4, 0.5) is 0 Å². The first-order chi connectivity index (χ1) is 5.38. The zero-order valence-corrected chi connectivity index (χ0v) is 5.65. The van der Waals surface area contributed by atoms with Crippen LogP contribution in [-0.4, -0.2) is 4.98 Å². The van der Waals surface area contributed by atoms with E-state index in [9.17, 15) is 4.79 Å². The fourth-order valence-corrected chi connectivity index (χ4v) is 0.942. The number of aromatic nitrogens is 1. The third kappa shape index (κ3) is 0.902. The lowest BCUT2D eigenvalue weighted by Gasteiger charge is -1.97. The van der Waals surface area contributed by atoms with Crippen LogP contribution in [0.5, 0.6) is 0 Å². The number of nitrogens with zero attached hydrogens (tertiary/aromatic N) is 1. The van der Waals surface area contributed by atoms with Gasteiger partial charge < -0.3 is 4.42 Å². The predicted octanol–water partition coefficient (Wildman–Crippen LogP) is 1.14. The Bertz CT molecular complexity index is 394. The van der Waals surface area contributed by atoms with E-state index in [-0.39, 0.29) is 5.56 Å². The van der Waals surface area contributed by atoms with Gasteiger partial charge in [-0.25, -0.2) is 4.98 Å². The van der Waals surface area contributed by atoms with Crippen LogP contribution in [-0.2, 0) is 0 Å². The lowest BCUT2D eigenvalue weighted by Crippen LogP contribution is -2.07. The molecule has 0 aromatic heterocycles. The van der Waals surface area contributed by atoms with Crippen molar-refractivity contribution in [3.8, 4) is 11.3 Å². The van der Waals surface area contributed by atoms with E-state index < -0.39 is 0 Å². The number of pyridine rings is 1. The summed E-state index contributed by atoms with van der Waals surface area (Å²) >= 11 is 0. The van der Waals surface area contributed by atoms with E-state index in [0.29, 0.717) is 11.3 Å². The molecule has 54 valence electrons. The summed E-state index contributed by atoms with van der Waals surface area (Å²) in [6, 6.07) is 5.02. The average molecular weight is 147 g/mol. The molecule has 0 aliphatic carbocycles. The van der Waals surface area contributed by atoms with Crippen LogP contribution in [0.1, 0.15) is 0 Å². The van der Waals surface area contributed by atoms with E-state index in [1.807, 2.05) is 0 Å². The maximum atomic E-state index is 11.0. The topological polar surface area (TPSA) is 43.1 Å². The zero-order valence-electron chi connectivity index (χ0n) is 5.65. The van der Waals surface area contributed by atoms with Gasteiger partial charge in [-0.05, 0) is 12.1 Å². The van der Waals surface area contributed by atoms with Gasteiger partial charge in [0.15, 0.2) is 0 Å². The highest BCUT2D eigenvalue weighted by Crippen LogP contribution is 2.13. The molecule has 0 radical (unpaired) electrons. The molecule has 2 aliphatic rings. The molecule has 0 unspecified atom stereocenters. The minimum Gasteiger partial charge on any atom is -0.464 e. The fourth-order valence-electron chi connectivity index (χ4n) is 0.942. The van der Waals surface area contributed by atoms with Crippen LogP contribution in [0.2, 0.25) is 0 Å². The molecule has 0 fully saturated rings. The fraction of sp³-hybridized carbons (Fsp3) is 0. The summed E-state index contributed by atoms with van der Waals surface area (Å²) in [6.07, 6.45) is 2.97. The van der Waals surface area contributed by atoms with E-state index in [4.69, 9.17) is 4.42 Å². The van der Waals surface area contributed by atoms with Gasteiger partial charge in [-0.1, -0.05) is 0 Å². The average Bonchev–Trinajstić information content (AvgIpc) is 2.06. The Morgan fingerprint density at radius 1 is 1.36 bits per heavy atom. The molecule has 0 amide bonds. The molecular weight excluding hydrogens is 142 g/mol. The van der Waals surface area contributed by atoms with Crippen LogP contribution in [0.15, 0.2) is 39.9 Å². The monoisotopic (exact) mass is 147 g/mol. The Kier molecular flexibility index (Phi) is 1.22. The molecule has 0 aromatic carbocycles. The maximum absolute atomic E-state index is 11.0. The molecule has 0 saturated heterocycles. The summed E-state index contributed by atoms with van der Waals surface area (Å²) in [5, 5.41) is 0. The van der Waals surface area contributed by atoms with Crippen molar-refractivity contribution in [3.63, 3.8) is 0 Å². The van der Waals surface area contributed by atoms with E-state index in [1.54, 1.807) is 18.2 Å². The molecule has 3 heteroatoms. The molecule has 0 bridgehead atoms. The van der Waals surface area contributed by atoms with Crippen LogP contribution in [0.25, 0.3) is 11.3 Å². The largest absolute Gasteiger partial charge is 0.464 e. The SMILES string of the molecule is O=c1nccc2occcc1-2. The van der Waals surface area contributed by atoms with Crippen molar-refractivity contribution in [2.45, 2.75) is 0 Å². The number of rotatable bonds is 0.